The fourth-order valence-electron chi connectivity index (χ4n) is 2.20. The Morgan fingerprint density at radius 2 is 2.05 bits per heavy atom. The van der Waals surface area contributed by atoms with Crippen LogP contribution in [0.4, 0.5) is 0 Å². The molecule has 4 nitrogen and oxygen atoms in total. The molecule has 0 radical (unpaired) electrons. The van der Waals surface area contributed by atoms with Crippen molar-refractivity contribution in [3.63, 3.8) is 0 Å². The van der Waals surface area contributed by atoms with E-state index in [1.807, 2.05) is 25.1 Å². The van der Waals surface area contributed by atoms with E-state index in [1.165, 1.54) is 0 Å². The van der Waals surface area contributed by atoms with Gasteiger partial charge in [0, 0.05) is 32.4 Å². The van der Waals surface area contributed by atoms with E-state index >= 15 is 0 Å². The van der Waals surface area contributed by atoms with Crippen LogP contribution in [0.3, 0.4) is 0 Å². The minimum Gasteiger partial charge on any atom is -0.494 e. The van der Waals surface area contributed by atoms with Gasteiger partial charge in [-0.1, -0.05) is 18.2 Å². The van der Waals surface area contributed by atoms with Crippen molar-refractivity contribution in [1.82, 2.24) is 4.90 Å². The number of para-hydroxylation sites is 1. The minimum absolute atomic E-state index is 0.180. The maximum absolute atomic E-state index is 5.95. The van der Waals surface area contributed by atoms with Crippen LogP contribution < -0.4 is 10.5 Å². The smallest absolute Gasteiger partial charge is 0.124 e. The zero-order valence-electron chi connectivity index (χ0n) is 12.3. The summed E-state index contributed by atoms with van der Waals surface area (Å²) in [5, 5.41) is 0. The van der Waals surface area contributed by atoms with Gasteiger partial charge in [0.05, 0.1) is 12.6 Å². The Labute approximate surface area is 116 Å². The first-order chi connectivity index (χ1) is 9.24. The van der Waals surface area contributed by atoms with E-state index in [0.717, 1.165) is 30.9 Å². The molecular formula is C15H26N2O2. The van der Waals surface area contributed by atoms with Gasteiger partial charge in [-0.15, -0.1) is 0 Å². The third kappa shape index (κ3) is 4.82. The van der Waals surface area contributed by atoms with Crippen LogP contribution in [0.2, 0.25) is 0 Å². The summed E-state index contributed by atoms with van der Waals surface area (Å²) in [5.41, 5.74) is 7.11. The molecule has 108 valence electrons. The lowest BCUT2D eigenvalue weighted by Crippen LogP contribution is -2.32. The number of methoxy groups -OCH3 is 1. The van der Waals surface area contributed by atoms with Crippen LogP contribution in [0.5, 0.6) is 5.75 Å². The number of benzene rings is 1. The molecule has 1 aromatic carbocycles. The van der Waals surface area contributed by atoms with Crippen LogP contribution in [0.1, 0.15) is 24.9 Å². The second kappa shape index (κ2) is 8.91. The Bertz CT molecular complexity index is 358. The number of nitrogens with two attached hydrogens (primary N) is 1. The number of nitrogens with zero attached hydrogens (tertiary/aromatic N) is 1. The van der Waals surface area contributed by atoms with Crippen LogP contribution >= 0.6 is 0 Å². The number of rotatable bonds is 9. The number of likely N-dealkylation sites (N-methyl/N-ethyl adjacent to an activating group) is 1. The van der Waals surface area contributed by atoms with Gasteiger partial charge in [-0.3, -0.25) is 4.90 Å². The third-order valence-electron chi connectivity index (χ3n) is 3.19. The summed E-state index contributed by atoms with van der Waals surface area (Å²) < 4.78 is 10.8. The van der Waals surface area contributed by atoms with Gasteiger partial charge in [-0.2, -0.15) is 0 Å². The van der Waals surface area contributed by atoms with Gasteiger partial charge < -0.3 is 15.2 Å². The van der Waals surface area contributed by atoms with Crippen molar-refractivity contribution < 1.29 is 9.47 Å². The first-order valence-corrected chi connectivity index (χ1v) is 6.85. The van der Waals surface area contributed by atoms with E-state index in [2.05, 4.69) is 18.0 Å². The van der Waals surface area contributed by atoms with E-state index < -0.39 is 0 Å². The molecule has 0 aliphatic rings. The summed E-state index contributed by atoms with van der Waals surface area (Å²) in [4.78, 5) is 2.26. The van der Waals surface area contributed by atoms with Crippen molar-refractivity contribution in [2.45, 2.75) is 19.4 Å². The molecular weight excluding hydrogens is 240 g/mol. The quantitative estimate of drug-likeness (QED) is 0.695. The molecule has 1 rings (SSSR count). The fourth-order valence-corrected chi connectivity index (χ4v) is 2.20. The molecule has 0 heterocycles. The number of hydrogen-bond donors (Lipinski definition) is 1. The summed E-state index contributed by atoms with van der Waals surface area (Å²) in [7, 11) is 3.82. The van der Waals surface area contributed by atoms with Crippen molar-refractivity contribution in [1.29, 1.82) is 0 Å². The van der Waals surface area contributed by atoms with Gasteiger partial charge in [-0.05, 0) is 26.5 Å². The lowest BCUT2D eigenvalue weighted by molar-refractivity contribution is 0.165. The van der Waals surface area contributed by atoms with E-state index in [-0.39, 0.29) is 6.04 Å². The van der Waals surface area contributed by atoms with Gasteiger partial charge in [0.1, 0.15) is 5.75 Å². The molecule has 0 aliphatic carbocycles. The zero-order chi connectivity index (χ0) is 14.1. The monoisotopic (exact) mass is 266 g/mol. The van der Waals surface area contributed by atoms with Crippen LogP contribution in [-0.4, -0.2) is 45.4 Å². The number of ether oxygens (including phenoxy) is 2. The maximum Gasteiger partial charge on any atom is 0.124 e. The highest BCUT2D eigenvalue weighted by molar-refractivity contribution is 5.36. The van der Waals surface area contributed by atoms with Gasteiger partial charge >= 0.3 is 0 Å². The molecule has 0 spiro atoms. The summed E-state index contributed by atoms with van der Waals surface area (Å²) in [5.74, 6) is 0.930. The predicted molar refractivity (Wildman–Crippen MR) is 78.5 cm³/mol. The first-order valence-electron chi connectivity index (χ1n) is 6.85. The third-order valence-corrected chi connectivity index (χ3v) is 3.19. The molecule has 4 heteroatoms. The highest BCUT2D eigenvalue weighted by Gasteiger charge is 2.18. The van der Waals surface area contributed by atoms with Crippen molar-refractivity contribution in [2.24, 2.45) is 5.73 Å². The molecule has 0 bridgehead atoms. The molecule has 0 aliphatic heterocycles. The lowest BCUT2D eigenvalue weighted by atomic mass is 10.0. The normalized spacial score (nSPS) is 12.7. The van der Waals surface area contributed by atoms with Crippen LogP contribution in [-0.2, 0) is 4.74 Å². The summed E-state index contributed by atoms with van der Waals surface area (Å²) in [6, 6.07) is 8.30. The van der Waals surface area contributed by atoms with Crippen LogP contribution in [0, 0.1) is 0 Å². The fraction of sp³-hybridized carbons (Fsp3) is 0.600. The highest BCUT2D eigenvalue weighted by atomic mass is 16.5. The van der Waals surface area contributed by atoms with Crippen LogP contribution in [0.15, 0.2) is 24.3 Å². The SMILES string of the molecule is CCOc1ccccc1C(CN)N(C)CCCOC. The Morgan fingerprint density at radius 3 is 2.68 bits per heavy atom. The highest BCUT2D eigenvalue weighted by Crippen LogP contribution is 2.28. The van der Waals surface area contributed by atoms with Gasteiger partial charge in [-0.25, -0.2) is 0 Å². The van der Waals surface area contributed by atoms with Crippen LogP contribution in [0.25, 0.3) is 0 Å². The lowest BCUT2D eigenvalue weighted by Gasteiger charge is -2.28. The second-order valence-corrected chi connectivity index (χ2v) is 4.55. The van der Waals surface area contributed by atoms with E-state index in [1.54, 1.807) is 7.11 Å². The molecule has 0 saturated heterocycles. The molecule has 0 fully saturated rings. The van der Waals surface area contributed by atoms with Crippen molar-refractivity contribution in [3.05, 3.63) is 29.8 Å². The zero-order valence-corrected chi connectivity index (χ0v) is 12.3. The molecule has 0 saturated carbocycles. The van der Waals surface area contributed by atoms with E-state index in [4.69, 9.17) is 15.2 Å². The average Bonchev–Trinajstić information content (AvgIpc) is 2.42. The Morgan fingerprint density at radius 1 is 1.32 bits per heavy atom. The van der Waals surface area contributed by atoms with E-state index in [9.17, 15) is 0 Å². The maximum atomic E-state index is 5.95. The first kappa shape index (κ1) is 16.0. The molecule has 1 unspecified atom stereocenters. The van der Waals surface area contributed by atoms with Gasteiger partial charge in [0.15, 0.2) is 0 Å². The molecule has 19 heavy (non-hydrogen) atoms. The average molecular weight is 266 g/mol. The Kier molecular flexibility index (Phi) is 7.48. The second-order valence-electron chi connectivity index (χ2n) is 4.55. The summed E-state index contributed by atoms with van der Waals surface area (Å²) >= 11 is 0. The van der Waals surface area contributed by atoms with Crippen molar-refractivity contribution >= 4 is 0 Å². The summed E-state index contributed by atoms with van der Waals surface area (Å²) in [6.07, 6.45) is 1.00. The summed E-state index contributed by atoms with van der Waals surface area (Å²) in [6.45, 7) is 4.97. The number of hydrogen-bond acceptors (Lipinski definition) is 4. The van der Waals surface area contributed by atoms with Crippen molar-refractivity contribution in [3.8, 4) is 5.75 Å². The predicted octanol–water partition coefficient (Wildman–Crippen LogP) is 2.05. The van der Waals surface area contributed by atoms with Gasteiger partial charge in [0.2, 0.25) is 0 Å². The standard InChI is InChI=1S/C15H26N2O2/c1-4-19-15-9-6-5-8-13(15)14(12-16)17(2)10-7-11-18-3/h5-6,8-9,14H,4,7,10-12,16H2,1-3H3. The molecule has 0 amide bonds. The Balaban J connectivity index is 2.77. The molecule has 0 aromatic heterocycles. The Hall–Kier alpha value is -1.10. The largest absolute Gasteiger partial charge is 0.494 e. The molecule has 1 aromatic rings. The van der Waals surface area contributed by atoms with Crippen molar-refractivity contribution in [2.75, 3.05) is 40.5 Å². The molecule has 2 N–H and O–H groups in total. The molecule has 1 atom stereocenters. The van der Waals surface area contributed by atoms with Gasteiger partial charge in [0.25, 0.3) is 0 Å². The minimum atomic E-state index is 0.180. The topological polar surface area (TPSA) is 47.7 Å². The van der Waals surface area contributed by atoms with E-state index in [0.29, 0.717) is 13.2 Å².